The predicted octanol–water partition coefficient (Wildman–Crippen LogP) is 1.72. The minimum absolute atomic E-state index is 0.0467. The van der Waals surface area contributed by atoms with Gasteiger partial charge in [0.2, 0.25) is 5.88 Å². The zero-order chi connectivity index (χ0) is 18.1. The topological polar surface area (TPSA) is 86.1 Å². The van der Waals surface area contributed by atoms with Crippen LogP contribution < -0.4 is 15.6 Å². The molecule has 134 valence electrons. The molecule has 0 spiro atoms. The van der Waals surface area contributed by atoms with Gasteiger partial charge < -0.3 is 10.1 Å². The first-order valence-corrected chi connectivity index (χ1v) is 8.14. The second kappa shape index (κ2) is 9.51. The van der Waals surface area contributed by atoms with Crippen molar-refractivity contribution >= 4 is 5.91 Å². The van der Waals surface area contributed by atoms with E-state index in [1.807, 2.05) is 6.07 Å². The lowest BCUT2D eigenvalue weighted by Gasteiger charge is -2.11. The van der Waals surface area contributed by atoms with E-state index in [2.05, 4.69) is 22.3 Å². The Hall–Kier alpha value is -2.77. The molecule has 2 aromatic rings. The molecule has 0 saturated heterocycles. The van der Waals surface area contributed by atoms with Crippen LogP contribution in [0.25, 0.3) is 0 Å². The summed E-state index contributed by atoms with van der Waals surface area (Å²) in [6.07, 6.45) is 3.56. The number of aryl methyl sites for hydroxylation is 1. The lowest BCUT2D eigenvalue weighted by Crippen LogP contribution is -2.30. The molecule has 2 aromatic heterocycles. The number of nitrogens with zero attached hydrogens (tertiary/aromatic N) is 3. The number of ether oxygens (including phenoxy) is 1. The minimum Gasteiger partial charge on any atom is -0.477 e. The number of aromatic nitrogens is 3. The van der Waals surface area contributed by atoms with Crippen LogP contribution in [0.3, 0.4) is 0 Å². The van der Waals surface area contributed by atoms with Crippen molar-refractivity contribution in [1.82, 2.24) is 20.1 Å². The molecule has 0 fully saturated rings. The van der Waals surface area contributed by atoms with Crippen LogP contribution in [0.15, 0.2) is 35.3 Å². The Morgan fingerprint density at radius 1 is 1.36 bits per heavy atom. The number of nitrogens with one attached hydrogen (secondary N) is 1. The second-order valence-corrected chi connectivity index (χ2v) is 5.32. The van der Waals surface area contributed by atoms with Crippen LogP contribution in [0.1, 0.15) is 35.8 Å². The molecule has 25 heavy (non-hydrogen) atoms. The normalized spacial score (nSPS) is 10.5. The molecule has 0 unspecified atom stereocenters. The molecule has 2 heterocycles. The number of pyridine rings is 1. The molecule has 0 radical (unpaired) electrons. The fourth-order valence-electron chi connectivity index (χ4n) is 2.08. The third-order valence-electron chi connectivity index (χ3n) is 3.42. The van der Waals surface area contributed by atoms with E-state index < -0.39 is 18.1 Å². The zero-order valence-electron chi connectivity index (χ0n) is 14.1. The van der Waals surface area contributed by atoms with Gasteiger partial charge in [0.1, 0.15) is 12.4 Å². The van der Waals surface area contributed by atoms with Crippen LogP contribution in [-0.2, 0) is 13.1 Å². The standard InChI is InChI=1S/C17H21FN4O3/c1-2-3-11-25-17-13(5-4-9-19-17)12-20-16(24)14-6-7-15(23)22(21-14)10-8-18/h4-7,9H,2-3,8,10-12H2,1H3,(H,20,24). The number of hydrogen-bond donors (Lipinski definition) is 1. The van der Waals surface area contributed by atoms with Crippen molar-refractivity contribution in [2.45, 2.75) is 32.9 Å². The van der Waals surface area contributed by atoms with Gasteiger partial charge in [-0.15, -0.1) is 0 Å². The summed E-state index contributed by atoms with van der Waals surface area (Å²) in [6.45, 7) is 1.92. The number of carbonyl (C=O) groups excluding carboxylic acids is 1. The number of amides is 1. The van der Waals surface area contributed by atoms with Gasteiger partial charge >= 0.3 is 0 Å². The first-order chi connectivity index (χ1) is 12.2. The van der Waals surface area contributed by atoms with Gasteiger partial charge in [0.05, 0.1) is 13.2 Å². The van der Waals surface area contributed by atoms with Crippen LogP contribution in [0.5, 0.6) is 5.88 Å². The molecule has 0 aliphatic carbocycles. The fraction of sp³-hybridized carbons (Fsp3) is 0.412. The monoisotopic (exact) mass is 348 g/mol. The largest absolute Gasteiger partial charge is 0.477 e. The molecular weight excluding hydrogens is 327 g/mol. The number of alkyl halides is 1. The van der Waals surface area contributed by atoms with Crippen molar-refractivity contribution < 1.29 is 13.9 Å². The molecule has 0 aliphatic heterocycles. The number of halogens is 1. The SMILES string of the molecule is CCCCOc1ncccc1CNC(=O)c1ccc(=O)n(CCF)n1. The van der Waals surface area contributed by atoms with Crippen LogP contribution >= 0.6 is 0 Å². The second-order valence-electron chi connectivity index (χ2n) is 5.32. The van der Waals surface area contributed by atoms with E-state index in [-0.39, 0.29) is 18.8 Å². The van der Waals surface area contributed by atoms with E-state index in [1.54, 1.807) is 12.3 Å². The van der Waals surface area contributed by atoms with Gasteiger partial charge in [-0.25, -0.2) is 14.1 Å². The van der Waals surface area contributed by atoms with Gasteiger partial charge in [0.25, 0.3) is 11.5 Å². The van der Waals surface area contributed by atoms with Crippen LogP contribution in [0, 0.1) is 0 Å². The lowest BCUT2D eigenvalue weighted by molar-refractivity contribution is 0.0942. The Bertz CT molecular complexity index is 764. The summed E-state index contributed by atoms with van der Waals surface area (Å²) in [7, 11) is 0. The molecule has 0 aromatic carbocycles. The molecule has 1 amide bonds. The summed E-state index contributed by atoms with van der Waals surface area (Å²) >= 11 is 0. The van der Waals surface area contributed by atoms with Gasteiger partial charge in [0.15, 0.2) is 0 Å². The van der Waals surface area contributed by atoms with Gasteiger partial charge in [-0.05, 0) is 18.6 Å². The van der Waals surface area contributed by atoms with Gasteiger partial charge in [-0.3, -0.25) is 9.59 Å². The van der Waals surface area contributed by atoms with E-state index in [1.165, 1.54) is 12.1 Å². The number of carbonyl (C=O) groups is 1. The minimum atomic E-state index is -0.730. The van der Waals surface area contributed by atoms with E-state index >= 15 is 0 Å². The molecule has 0 aliphatic rings. The Morgan fingerprint density at radius 3 is 2.96 bits per heavy atom. The Balaban J connectivity index is 2.03. The van der Waals surface area contributed by atoms with Crippen molar-refractivity contribution in [3.63, 3.8) is 0 Å². The average Bonchev–Trinajstić information content (AvgIpc) is 2.63. The van der Waals surface area contributed by atoms with Crippen molar-refractivity contribution in [2.75, 3.05) is 13.3 Å². The van der Waals surface area contributed by atoms with E-state index in [4.69, 9.17) is 4.74 Å². The molecule has 1 N–H and O–H groups in total. The number of hydrogen-bond acceptors (Lipinski definition) is 5. The summed E-state index contributed by atoms with van der Waals surface area (Å²) in [4.78, 5) is 27.9. The molecule has 0 saturated carbocycles. The summed E-state index contributed by atoms with van der Waals surface area (Å²) in [6, 6.07) is 6.08. The predicted molar refractivity (Wildman–Crippen MR) is 90.3 cm³/mol. The molecule has 7 nitrogen and oxygen atoms in total. The van der Waals surface area contributed by atoms with Gasteiger partial charge in [0, 0.05) is 24.4 Å². The third-order valence-corrected chi connectivity index (χ3v) is 3.42. The van der Waals surface area contributed by atoms with E-state index in [0.29, 0.717) is 12.5 Å². The molecular formula is C17H21FN4O3. The maximum absolute atomic E-state index is 12.4. The zero-order valence-corrected chi connectivity index (χ0v) is 14.1. The Kier molecular flexibility index (Phi) is 7.06. The summed E-state index contributed by atoms with van der Waals surface area (Å²) in [5, 5.41) is 6.57. The van der Waals surface area contributed by atoms with Crippen LogP contribution in [-0.4, -0.2) is 34.0 Å². The van der Waals surface area contributed by atoms with Crippen molar-refractivity contribution in [3.8, 4) is 5.88 Å². The number of unbranched alkanes of at least 4 members (excludes halogenated alkanes) is 1. The smallest absolute Gasteiger partial charge is 0.271 e. The highest BCUT2D eigenvalue weighted by Crippen LogP contribution is 2.14. The van der Waals surface area contributed by atoms with Crippen LogP contribution in [0.4, 0.5) is 4.39 Å². The molecule has 0 atom stereocenters. The Morgan fingerprint density at radius 2 is 2.20 bits per heavy atom. The molecule has 8 heteroatoms. The first-order valence-electron chi connectivity index (χ1n) is 8.14. The van der Waals surface area contributed by atoms with Crippen molar-refractivity contribution in [2.24, 2.45) is 0 Å². The highest BCUT2D eigenvalue weighted by molar-refractivity contribution is 5.91. The maximum Gasteiger partial charge on any atom is 0.271 e. The summed E-state index contributed by atoms with van der Waals surface area (Å²) < 4.78 is 19.0. The summed E-state index contributed by atoms with van der Waals surface area (Å²) in [5.74, 6) is 0.0163. The van der Waals surface area contributed by atoms with E-state index in [9.17, 15) is 14.0 Å². The van der Waals surface area contributed by atoms with Gasteiger partial charge in [-0.2, -0.15) is 5.10 Å². The average molecular weight is 348 g/mol. The maximum atomic E-state index is 12.4. The van der Waals surface area contributed by atoms with E-state index in [0.717, 1.165) is 23.1 Å². The fourth-order valence-corrected chi connectivity index (χ4v) is 2.08. The molecule has 0 bridgehead atoms. The van der Waals surface area contributed by atoms with Crippen molar-refractivity contribution in [3.05, 3.63) is 52.1 Å². The summed E-state index contributed by atoms with van der Waals surface area (Å²) in [5.41, 5.74) is 0.336. The number of rotatable bonds is 9. The lowest BCUT2D eigenvalue weighted by atomic mass is 10.2. The highest BCUT2D eigenvalue weighted by atomic mass is 19.1. The first kappa shape index (κ1) is 18.6. The van der Waals surface area contributed by atoms with Crippen LogP contribution in [0.2, 0.25) is 0 Å². The Labute approximate surface area is 144 Å². The highest BCUT2D eigenvalue weighted by Gasteiger charge is 2.11. The van der Waals surface area contributed by atoms with Crippen molar-refractivity contribution in [1.29, 1.82) is 0 Å². The third kappa shape index (κ3) is 5.37. The quantitative estimate of drug-likeness (QED) is 0.697. The molecule has 2 rings (SSSR count). The van der Waals surface area contributed by atoms with Gasteiger partial charge in [-0.1, -0.05) is 19.4 Å².